The molecule has 7 nitrogen and oxygen atoms in total. The molecule has 1 aromatic heterocycles. The standard InChI is InChI=1S/C24H22N2O5/c1-17-5-11-22(18(2)14-17)30-16-23(27)26-25-15-19-6-8-21(9-7-19)31-24(28)12-10-20-4-3-13-29-20/h3-15H,16H2,1-2H3,(H,26,27)/b12-10+,25-15-. The third-order valence-electron chi connectivity index (χ3n) is 4.12. The summed E-state index contributed by atoms with van der Waals surface area (Å²) in [4.78, 5) is 23.7. The average molecular weight is 418 g/mol. The van der Waals surface area contributed by atoms with Gasteiger partial charge in [0.15, 0.2) is 6.61 Å². The Balaban J connectivity index is 1.43. The molecular formula is C24H22N2O5. The summed E-state index contributed by atoms with van der Waals surface area (Å²) in [5, 5.41) is 3.90. The van der Waals surface area contributed by atoms with Gasteiger partial charge < -0.3 is 13.9 Å². The van der Waals surface area contributed by atoms with E-state index < -0.39 is 5.97 Å². The molecule has 0 spiro atoms. The lowest BCUT2D eigenvalue weighted by atomic mass is 10.1. The smallest absolute Gasteiger partial charge is 0.336 e. The Labute approximate surface area is 180 Å². The molecule has 0 atom stereocenters. The first-order valence-electron chi connectivity index (χ1n) is 9.55. The van der Waals surface area contributed by atoms with Gasteiger partial charge in [0.1, 0.15) is 17.3 Å². The highest BCUT2D eigenvalue weighted by Gasteiger charge is 2.04. The number of carbonyl (C=O) groups is 2. The molecule has 0 saturated carbocycles. The second-order valence-corrected chi connectivity index (χ2v) is 6.69. The molecule has 0 aliphatic carbocycles. The summed E-state index contributed by atoms with van der Waals surface area (Å²) in [6.45, 7) is 3.78. The van der Waals surface area contributed by atoms with Gasteiger partial charge in [-0.05, 0) is 73.5 Å². The van der Waals surface area contributed by atoms with Crippen molar-refractivity contribution < 1.29 is 23.5 Å². The van der Waals surface area contributed by atoms with Gasteiger partial charge in [-0.2, -0.15) is 5.10 Å². The number of rotatable bonds is 8. The van der Waals surface area contributed by atoms with Crippen LogP contribution in [0.4, 0.5) is 0 Å². The minimum Gasteiger partial charge on any atom is -0.483 e. The minimum atomic E-state index is -0.520. The Morgan fingerprint density at radius 2 is 1.90 bits per heavy atom. The van der Waals surface area contributed by atoms with Crippen LogP contribution in [0.15, 0.2) is 76.5 Å². The summed E-state index contributed by atoms with van der Waals surface area (Å²) in [6.07, 6.45) is 5.81. The highest BCUT2D eigenvalue weighted by atomic mass is 16.5. The first-order valence-corrected chi connectivity index (χ1v) is 9.55. The lowest BCUT2D eigenvalue weighted by Crippen LogP contribution is -2.24. The summed E-state index contributed by atoms with van der Waals surface area (Å²) in [5.74, 6) is 0.718. The molecule has 3 rings (SSSR count). The molecular weight excluding hydrogens is 396 g/mol. The maximum Gasteiger partial charge on any atom is 0.336 e. The largest absolute Gasteiger partial charge is 0.483 e. The molecule has 31 heavy (non-hydrogen) atoms. The zero-order valence-corrected chi connectivity index (χ0v) is 17.2. The van der Waals surface area contributed by atoms with Crippen molar-refractivity contribution in [1.82, 2.24) is 5.43 Å². The van der Waals surface area contributed by atoms with Gasteiger partial charge in [-0.25, -0.2) is 10.2 Å². The van der Waals surface area contributed by atoms with Crippen LogP contribution in [-0.2, 0) is 9.59 Å². The Hall–Kier alpha value is -4.13. The highest BCUT2D eigenvalue weighted by molar-refractivity contribution is 5.88. The number of amides is 1. The molecule has 2 aromatic carbocycles. The number of carbonyl (C=O) groups excluding carboxylic acids is 2. The molecule has 0 aliphatic rings. The van der Waals surface area contributed by atoms with Crippen LogP contribution in [0.2, 0.25) is 0 Å². The quantitative estimate of drug-likeness (QED) is 0.196. The zero-order chi connectivity index (χ0) is 22.1. The Bertz CT molecular complexity index is 1080. The topological polar surface area (TPSA) is 90.1 Å². The molecule has 0 aliphatic heterocycles. The SMILES string of the molecule is Cc1ccc(OCC(=O)N/N=C\c2ccc(OC(=O)/C=C/c3ccco3)cc2)c(C)c1. The van der Waals surface area contributed by atoms with E-state index in [2.05, 4.69) is 10.5 Å². The maximum atomic E-state index is 11.9. The summed E-state index contributed by atoms with van der Waals surface area (Å²) < 4.78 is 15.8. The number of benzene rings is 2. The van der Waals surface area contributed by atoms with Crippen LogP contribution < -0.4 is 14.9 Å². The van der Waals surface area contributed by atoms with Gasteiger partial charge in [0.2, 0.25) is 0 Å². The minimum absolute atomic E-state index is 0.137. The summed E-state index contributed by atoms with van der Waals surface area (Å²) in [5.41, 5.74) is 5.23. The van der Waals surface area contributed by atoms with Crippen molar-refractivity contribution in [2.75, 3.05) is 6.61 Å². The number of furan rings is 1. The van der Waals surface area contributed by atoms with Crippen molar-refractivity contribution >= 4 is 24.2 Å². The summed E-state index contributed by atoms with van der Waals surface area (Å²) in [7, 11) is 0. The Morgan fingerprint density at radius 1 is 1.10 bits per heavy atom. The molecule has 0 saturated heterocycles. The van der Waals surface area contributed by atoms with Crippen molar-refractivity contribution in [3.63, 3.8) is 0 Å². The van der Waals surface area contributed by atoms with Gasteiger partial charge in [-0.15, -0.1) is 0 Å². The van der Waals surface area contributed by atoms with Crippen molar-refractivity contribution in [2.45, 2.75) is 13.8 Å². The summed E-state index contributed by atoms with van der Waals surface area (Å²) >= 11 is 0. The second kappa shape index (κ2) is 10.6. The van der Waals surface area contributed by atoms with Crippen molar-refractivity contribution in [3.05, 3.63) is 89.4 Å². The van der Waals surface area contributed by atoms with E-state index in [-0.39, 0.29) is 12.5 Å². The predicted molar refractivity (Wildman–Crippen MR) is 117 cm³/mol. The first kappa shape index (κ1) is 21.6. The number of ether oxygens (including phenoxy) is 2. The van der Waals surface area contributed by atoms with Gasteiger partial charge >= 0.3 is 5.97 Å². The third kappa shape index (κ3) is 7.01. The fourth-order valence-electron chi connectivity index (χ4n) is 2.62. The van der Waals surface area contributed by atoms with E-state index in [1.54, 1.807) is 36.4 Å². The molecule has 7 heteroatoms. The highest BCUT2D eigenvalue weighted by Crippen LogP contribution is 2.18. The van der Waals surface area contributed by atoms with Crippen LogP contribution >= 0.6 is 0 Å². The number of hydrogen-bond acceptors (Lipinski definition) is 6. The van der Waals surface area contributed by atoms with Crippen LogP contribution in [0, 0.1) is 13.8 Å². The number of nitrogens with one attached hydrogen (secondary N) is 1. The van der Waals surface area contributed by atoms with Gasteiger partial charge in [-0.1, -0.05) is 17.7 Å². The van der Waals surface area contributed by atoms with Crippen LogP contribution in [0.5, 0.6) is 11.5 Å². The van der Waals surface area contributed by atoms with E-state index in [1.165, 1.54) is 24.6 Å². The monoisotopic (exact) mass is 418 g/mol. The molecule has 3 aromatic rings. The third-order valence-corrected chi connectivity index (χ3v) is 4.12. The first-order chi connectivity index (χ1) is 15.0. The van der Waals surface area contributed by atoms with Gasteiger partial charge in [0, 0.05) is 6.08 Å². The second-order valence-electron chi connectivity index (χ2n) is 6.69. The molecule has 158 valence electrons. The van der Waals surface area contributed by atoms with Crippen LogP contribution in [0.1, 0.15) is 22.5 Å². The van der Waals surface area contributed by atoms with E-state index in [4.69, 9.17) is 13.9 Å². The van der Waals surface area contributed by atoms with Crippen LogP contribution in [-0.4, -0.2) is 24.7 Å². The molecule has 0 unspecified atom stereocenters. The number of nitrogens with zero attached hydrogens (tertiary/aromatic N) is 1. The fraction of sp³-hybridized carbons (Fsp3) is 0.125. The lowest BCUT2D eigenvalue weighted by molar-refractivity contribution is -0.129. The fourth-order valence-corrected chi connectivity index (χ4v) is 2.62. The molecule has 0 fully saturated rings. The van der Waals surface area contributed by atoms with E-state index in [1.807, 2.05) is 32.0 Å². The molecule has 0 radical (unpaired) electrons. The molecule has 1 N–H and O–H groups in total. The number of esters is 1. The van der Waals surface area contributed by atoms with E-state index in [0.717, 1.165) is 16.7 Å². The molecule has 1 heterocycles. The number of hydrogen-bond donors (Lipinski definition) is 1. The van der Waals surface area contributed by atoms with Gasteiger partial charge in [0.25, 0.3) is 5.91 Å². The zero-order valence-electron chi connectivity index (χ0n) is 17.2. The summed E-state index contributed by atoms with van der Waals surface area (Å²) in [6, 6.07) is 15.9. The normalized spacial score (nSPS) is 11.0. The molecule has 1 amide bonds. The Morgan fingerprint density at radius 3 is 2.61 bits per heavy atom. The Kier molecular flexibility index (Phi) is 7.37. The van der Waals surface area contributed by atoms with Gasteiger partial charge in [-0.3, -0.25) is 4.79 Å². The number of hydrazone groups is 1. The predicted octanol–water partition coefficient (Wildman–Crippen LogP) is 4.04. The van der Waals surface area contributed by atoms with E-state index >= 15 is 0 Å². The molecule has 0 bridgehead atoms. The average Bonchev–Trinajstić information content (AvgIpc) is 3.27. The van der Waals surface area contributed by atoms with Crippen molar-refractivity contribution in [1.29, 1.82) is 0 Å². The van der Waals surface area contributed by atoms with Gasteiger partial charge in [0.05, 0.1) is 12.5 Å². The van der Waals surface area contributed by atoms with Crippen LogP contribution in [0.25, 0.3) is 6.08 Å². The maximum absolute atomic E-state index is 11.9. The van der Waals surface area contributed by atoms with E-state index in [9.17, 15) is 9.59 Å². The van der Waals surface area contributed by atoms with Crippen molar-refractivity contribution in [3.8, 4) is 11.5 Å². The van der Waals surface area contributed by atoms with Crippen molar-refractivity contribution in [2.24, 2.45) is 5.10 Å². The lowest BCUT2D eigenvalue weighted by Gasteiger charge is -2.08. The van der Waals surface area contributed by atoms with Crippen LogP contribution in [0.3, 0.4) is 0 Å². The van der Waals surface area contributed by atoms with E-state index in [0.29, 0.717) is 17.3 Å². The number of aryl methyl sites for hydroxylation is 2.